The second-order valence-electron chi connectivity index (χ2n) is 5.22. The van der Waals surface area contributed by atoms with Crippen molar-refractivity contribution in [1.82, 2.24) is 4.90 Å². The predicted molar refractivity (Wildman–Crippen MR) is 62.7 cm³/mol. The van der Waals surface area contributed by atoms with Gasteiger partial charge in [-0.15, -0.1) is 6.58 Å². The molecule has 0 aliphatic carbocycles. The number of nitrogens with zero attached hydrogens (tertiary/aromatic N) is 1. The van der Waals surface area contributed by atoms with Crippen molar-refractivity contribution >= 4 is 12.1 Å². The number of hydrogen-bond donors (Lipinski definition) is 1. The summed E-state index contributed by atoms with van der Waals surface area (Å²) in [7, 11) is 0. The van der Waals surface area contributed by atoms with Gasteiger partial charge in [0.05, 0.1) is 0 Å². The van der Waals surface area contributed by atoms with Crippen LogP contribution in [0.3, 0.4) is 0 Å². The minimum absolute atomic E-state index is 0.0172. The molecule has 1 aliphatic rings. The third-order valence-corrected chi connectivity index (χ3v) is 2.58. The molecule has 0 bridgehead atoms. The van der Waals surface area contributed by atoms with Crippen molar-refractivity contribution in [3.05, 3.63) is 12.7 Å². The normalized spacial score (nSPS) is 24.5. The molecule has 1 saturated heterocycles. The molecule has 0 aromatic carbocycles. The monoisotopic (exact) mass is 241 g/mol. The first-order chi connectivity index (χ1) is 7.74. The van der Waals surface area contributed by atoms with E-state index in [1.54, 1.807) is 26.8 Å². The topological polar surface area (TPSA) is 66.8 Å². The van der Waals surface area contributed by atoms with Crippen molar-refractivity contribution in [3.8, 4) is 0 Å². The Balaban J connectivity index is 2.77. The number of aliphatic carboxylic acids is 1. The SMILES string of the molecule is C=CC1C[C@H](C(=O)O)N(C(=O)OC(C)(C)C)C1. The van der Waals surface area contributed by atoms with E-state index in [-0.39, 0.29) is 5.92 Å². The summed E-state index contributed by atoms with van der Waals surface area (Å²) in [5, 5.41) is 9.06. The molecule has 5 nitrogen and oxygen atoms in total. The third-order valence-electron chi connectivity index (χ3n) is 2.58. The quantitative estimate of drug-likeness (QED) is 0.749. The van der Waals surface area contributed by atoms with Gasteiger partial charge in [0, 0.05) is 6.54 Å². The highest BCUT2D eigenvalue weighted by Gasteiger charge is 2.40. The van der Waals surface area contributed by atoms with Crippen LogP contribution in [0.15, 0.2) is 12.7 Å². The summed E-state index contributed by atoms with van der Waals surface area (Å²) < 4.78 is 5.18. The Bertz CT molecular complexity index is 332. The Hall–Kier alpha value is -1.52. The summed E-state index contributed by atoms with van der Waals surface area (Å²) in [5.74, 6) is -0.983. The van der Waals surface area contributed by atoms with Crippen LogP contribution in [-0.4, -0.2) is 40.3 Å². The fraction of sp³-hybridized carbons (Fsp3) is 0.667. The van der Waals surface area contributed by atoms with Crippen molar-refractivity contribution in [3.63, 3.8) is 0 Å². The van der Waals surface area contributed by atoms with Crippen LogP contribution in [0.1, 0.15) is 27.2 Å². The average Bonchev–Trinajstić information content (AvgIpc) is 2.58. The largest absolute Gasteiger partial charge is 0.480 e. The molecule has 1 heterocycles. The van der Waals surface area contributed by atoms with Crippen LogP contribution in [0.4, 0.5) is 4.79 Å². The van der Waals surface area contributed by atoms with E-state index in [1.165, 1.54) is 4.90 Å². The number of carboxylic acid groups (broad SMARTS) is 1. The maximum atomic E-state index is 11.8. The van der Waals surface area contributed by atoms with E-state index in [2.05, 4.69) is 6.58 Å². The van der Waals surface area contributed by atoms with Crippen LogP contribution in [0.25, 0.3) is 0 Å². The maximum absolute atomic E-state index is 11.8. The lowest BCUT2D eigenvalue weighted by Crippen LogP contribution is -2.43. The van der Waals surface area contributed by atoms with Gasteiger partial charge in [-0.2, -0.15) is 0 Å². The van der Waals surface area contributed by atoms with Gasteiger partial charge in [0.25, 0.3) is 0 Å². The minimum atomic E-state index is -1.000. The van der Waals surface area contributed by atoms with Gasteiger partial charge in [0.2, 0.25) is 0 Å². The first-order valence-corrected chi connectivity index (χ1v) is 5.59. The lowest BCUT2D eigenvalue weighted by atomic mass is 10.1. The van der Waals surface area contributed by atoms with Crippen molar-refractivity contribution in [2.24, 2.45) is 5.92 Å². The summed E-state index contributed by atoms with van der Waals surface area (Å²) in [6.07, 6.45) is 1.51. The Kier molecular flexibility index (Phi) is 3.80. The van der Waals surface area contributed by atoms with Gasteiger partial charge < -0.3 is 9.84 Å². The predicted octanol–water partition coefficient (Wildman–Crippen LogP) is 1.88. The molecular weight excluding hydrogens is 222 g/mol. The minimum Gasteiger partial charge on any atom is -0.480 e. The second-order valence-corrected chi connectivity index (χ2v) is 5.22. The van der Waals surface area contributed by atoms with E-state index in [9.17, 15) is 9.59 Å². The molecule has 0 saturated carbocycles. The molecule has 1 N–H and O–H groups in total. The smallest absolute Gasteiger partial charge is 0.411 e. The molecule has 0 radical (unpaired) electrons. The van der Waals surface area contributed by atoms with Crippen LogP contribution in [0.2, 0.25) is 0 Å². The first kappa shape index (κ1) is 13.5. The van der Waals surface area contributed by atoms with Gasteiger partial charge >= 0.3 is 12.1 Å². The number of ether oxygens (including phenoxy) is 1. The van der Waals surface area contributed by atoms with Crippen molar-refractivity contribution in [2.45, 2.75) is 38.8 Å². The van der Waals surface area contributed by atoms with Crippen molar-refractivity contribution < 1.29 is 19.4 Å². The Labute approximate surface area is 101 Å². The summed E-state index contributed by atoms with van der Waals surface area (Å²) in [5.41, 5.74) is -0.619. The van der Waals surface area contributed by atoms with Gasteiger partial charge in [0.15, 0.2) is 0 Å². The highest BCUT2D eigenvalue weighted by atomic mass is 16.6. The number of likely N-dealkylation sites (tertiary alicyclic amines) is 1. The van der Waals surface area contributed by atoms with Crippen molar-refractivity contribution in [1.29, 1.82) is 0 Å². The number of carbonyl (C=O) groups is 2. The van der Waals surface area contributed by atoms with Crippen molar-refractivity contribution in [2.75, 3.05) is 6.54 Å². The average molecular weight is 241 g/mol. The fourth-order valence-corrected chi connectivity index (χ4v) is 1.80. The lowest BCUT2D eigenvalue weighted by Gasteiger charge is -2.26. The van der Waals surface area contributed by atoms with Gasteiger partial charge in [-0.1, -0.05) is 6.08 Å². The van der Waals surface area contributed by atoms with Crippen LogP contribution < -0.4 is 0 Å². The summed E-state index contributed by atoms with van der Waals surface area (Å²) in [6, 6.07) is -0.812. The Morgan fingerprint density at radius 3 is 2.47 bits per heavy atom. The Morgan fingerprint density at radius 1 is 1.47 bits per heavy atom. The Morgan fingerprint density at radius 2 is 2.06 bits per heavy atom. The number of carbonyl (C=O) groups excluding carboxylic acids is 1. The first-order valence-electron chi connectivity index (χ1n) is 5.59. The van der Waals surface area contributed by atoms with Gasteiger partial charge in [0.1, 0.15) is 11.6 Å². The maximum Gasteiger partial charge on any atom is 0.411 e. The standard InChI is InChI=1S/C12H19NO4/c1-5-8-6-9(10(14)15)13(7-8)11(16)17-12(2,3)4/h5,8-9H,1,6-7H2,2-4H3,(H,14,15)/t8?,9-/m1/s1. The molecule has 1 unspecified atom stereocenters. The van der Waals surface area contributed by atoms with Crippen LogP contribution >= 0.6 is 0 Å². The summed E-state index contributed by atoms with van der Waals surface area (Å²) in [6.45, 7) is 9.24. The summed E-state index contributed by atoms with van der Waals surface area (Å²) >= 11 is 0. The third kappa shape index (κ3) is 3.47. The molecule has 1 fully saturated rings. The fourth-order valence-electron chi connectivity index (χ4n) is 1.80. The molecule has 0 spiro atoms. The highest BCUT2D eigenvalue weighted by molar-refractivity contribution is 5.81. The molecule has 1 amide bonds. The molecule has 5 heteroatoms. The van der Waals surface area contributed by atoms with Gasteiger partial charge in [-0.05, 0) is 33.1 Å². The molecular formula is C12H19NO4. The number of rotatable bonds is 2. The van der Waals surface area contributed by atoms with Gasteiger partial charge in [-0.25, -0.2) is 9.59 Å². The zero-order valence-electron chi connectivity index (χ0n) is 10.5. The molecule has 1 aliphatic heterocycles. The lowest BCUT2D eigenvalue weighted by molar-refractivity contribution is -0.142. The molecule has 17 heavy (non-hydrogen) atoms. The zero-order chi connectivity index (χ0) is 13.2. The molecule has 2 atom stereocenters. The van der Waals surface area contributed by atoms with Crippen LogP contribution in [0, 0.1) is 5.92 Å². The van der Waals surface area contributed by atoms with E-state index >= 15 is 0 Å². The van der Waals surface area contributed by atoms with E-state index in [4.69, 9.17) is 9.84 Å². The van der Waals surface area contributed by atoms with E-state index < -0.39 is 23.7 Å². The molecule has 0 aromatic heterocycles. The number of carboxylic acids is 1. The molecule has 96 valence electrons. The molecule has 1 rings (SSSR count). The van der Waals surface area contributed by atoms with E-state index in [0.29, 0.717) is 13.0 Å². The second kappa shape index (κ2) is 4.77. The van der Waals surface area contributed by atoms with E-state index in [1.807, 2.05) is 0 Å². The number of hydrogen-bond acceptors (Lipinski definition) is 3. The highest BCUT2D eigenvalue weighted by Crippen LogP contribution is 2.26. The van der Waals surface area contributed by atoms with Gasteiger partial charge in [-0.3, -0.25) is 4.90 Å². The van der Waals surface area contributed by atoms with Crippen LogP contribution in [0.5, 0.6) is 0 Å². The zero-order valence-corrected chi connectivity index (χ0v) is 10.5. The number of amides is 1. The van der Waals surface area contributed by atoms with E-state index in [0.717, 1.165) is 0 Å². The summed E-state index contributed by atoms with van der Waals surface area (Å²) in [4.78, 5) is 24.2. The molecule has 0 aromatic rings. The van der Waals surface area contributed by atoms with Crippen LogP contribution in [-0.2, 0) is 9.53 Å².